The Morgan fingerprint density at radius 2 is 1.81 bits per heavy atom. The first-order chi connectivity index (χ1) is 14.9. The molecule has 2 aromatic rings. The van der Waals surface area contributed by atoms with Crippen molar-refractivity contribution in [2.45, 2.75) is 6.54 Å². The summed E-state index contributed by atoms with van der Waals surface area (Å²) in [5.41, 5.74) is 1.56. The molecule has 31 heavy (non-hydrogen) atoms. The predicted molar refractivity (Wildman–Crippen MR) is 122 cm³/mol. The van der Waals surface area contributed by atoms with Crippen molar-refractivity contribution in [2.24, 2.45) is 0 Å². The minimum absolute atomic E-state index is 0.0274. The number of thioether (sulfide) groups is 1. The van der Waals surface area contributed by atoms with E-state index < -0.39 is 0 Å². The highest BCUT2D eigenvalue weighted by atomic mass is 35.5. The maximum absolute atomic E-state index is 12.9. The van der Waals surface area contributed by atoms with Gasteiger partial charge in [-0.25, -0.2) is 4.39 Å². The van der Waals surface area contributed by atoms with Crippen molar-refractivity contribution in [1.29, 1.82) is 0 Å². The van der Waals surface area contributed by atoms with Crippen molar-refractivity contribution in [3.05, 3.63) is 58.9 Å². The molecule has 0 aliphatic carbocycles. The highest BCUT2D eigenvalue weighted by Crippen LogP contribution is 2.24. The van der Waals surface area contributed by atoms with Gasteiger partial charge in [-0.05, 0) is 42.5 Å². The number of hydrogen-bond acceptors (Lipinski definition) is 5. The van der Waals surface area contributed by atoms with Crippen LogP contribution in [0.15, 0.2) is 42.5 Å². The van der Waals surface area contributed by atoms with E-state index in [1.54, 1.807) is 13.2 Å². The standard InChI is InChI=1S/C22H25ClFN3O3S/c1-30-20-7-2-17(23)12-16(20)13-26-8-10-27(11-9-26)22(29)15-31-14-21(28)25-19-5-3-18(24)4-6-19/h2-7,12H,8-11,13-15H2,1H3,(H,25,28). The molecule has 1 aliphatic heterocycles. The van der Waals surface area contributed by atoms with Crippen molar-refractivity contribution in [3.63, 3.8) is 0 Å². The number of benzene rings is 2. The van der Waals surface area contributed by atoms with E-state index in [4.69, 9.17) is 16.3 Å². The zero-order valence-corrected chi connectivity index (χ0v) is 18.8. The number of ether oxygens (including phenoxy) is 1. The largest absolute Gasteiger partial charge is 0.496 e. The van der Waals surface area contributed by atoms with Crippen molar-refractivity contribution < 1.29 is 18.7 Å². The van der Waals surface area contributed by atoms with Crippen molar-refractivity contribution >= 4 is 40.9 Å². The number of nitrogens with zero attached hydrogens (tertiary/aromatic N) is 2. The number of anilines is 1. The Morgan fingerprint density at radius 3 is 2.48 bits per heavy atom. The molecule has 0 atom stereocenters. The van der Waals surface area contributed by atoms with Crippen LogP contribution in [0.4, 0.5) is 10.1 Å². The molecule has 1 fully saturated rings. The summed E-state index contributed by atoms with van der Waals surface area (Å²) in [7, 11) is 1.64. The third-order valence-corrected chi connectivity index (χ3v) is 6.10. The van der Waals surface area contributed by atoms with Gasteiger partial charge >= 0.3 is 0 Å². The van der Waals surface area contributed by atoms with Gasteiger partial charge < -0.3 is 15.0 Å². The van der Waals surface area contributed by atoms with Crippen LogP contribution in [0.1, 0.15) is 5.56 Å². The first-order valence-electron chi connectivity index (χ1n) is 9.90. The zero-order chi connectivity index (χ0) is 22.2. The predicted octanol–water partition coefficient (Wildman–Crippen LogP) is 3.50. The monoisotopic (exact) mass is 465 g/mol. The fraction of sp³-hybridized carbons (Fsp3) is 0.364. The van der Waals surface area contributed by atoms with Gasteiger partial charge in [0.05, 0.1) is 18.6 Å². The molecule has 2 amide bonds. The number of carbonyl (C=O) groups is 2. The van der Waals surface area contributed by atoms with Gasteiger partial charge in [0.1, 0.15) is 11.6 Å². The van der Waals surface area contributed by atoms with E-state index in [0.29, 0.717) is 30.3 Å². The van der Waals surface area contributed by atoms with Gasteiger partial charge in [-0.3, -0.25) is 14.5 Å². The lowest BCUT2D eigenvalue weighted by Crippen LogP contribution is -2.48. The number of piperazine rings is 1. The van der Waals surface area contributed by atoms with Gasteiger partial charge in [0.2, 0.25) is 11.8 Å². The SMILES string of the molecule is COc1ccc(Cl)cc1CN1CCN(C(=O)CSCC(=O)Nc2ccc(F)cc2)CC1. The highest BCUT2D eigenvalue weighted by molar-refractivity contribution is 8.00. The number of rotatable bonds is 8. The van der Waals surface area contributed by atoms with E-state index in [9.17, 15) is 14.0 Å². The molecule has 0 radical (unpaired) electrons. The Bertz CT molecular complexity index is 905. The molecule has 1 heterocycles. The Morgan fingerprint density at radius 1 is 1.10 bits per heavy atom. The second-order valence-electron chi connectivity index (χ2n) is 7.16. The maximum Gasteiger partial charge on any atom is 0.234 e. The molecule has 1 aliphatic rings. The van der Waals surface area contributed by atoms with Crippen LogP contribution in [0, 0.1) is 5.82 Å². The summed E-state index contributed by atoms with van der Waals surface area (Å²) in [4.78, 5) is 28.5. The van der Waals surface area contributed by atoms with Gasteiger partial charge in [-0.1, -0.05) is 11.6 Å². The number of hydrogen-bond donors (Lipinski definition) is 1. The quantitative estimate of drug-likeness (QED) is 0.646. The average Bonchev–Trinajstić information content (AvgIpc) is 2.76. The minimum atomic E-state index is -0.357. The normalized spacial score (nSPS) is 14.4. The molecule has 166 valence electrons. The number of methoxy groups -OCH3 is 1. The van der Waals surface area contributed by atoms with Crippen LogP contribution in [-0.4, -0.2) is 66.4 Å². The summed E-state index contributed by atoms with van der Waals surface area (Å²) in [6.07, 6.45) is 0. The summed E-state index contributed by atoms with van der Waals surface area (Å²) in [6.45, 7) is 3.52. The summed E-state index contributed by atoms with van der Waals surface area (Å²) < 4.78 is 18.3. The second-order valence-corrected chi connectivity index (χ2v) is 8.58. The van der Waals surface area contributed by atoms with E-state index in [2.05, 4.69) is 10.2 Å². The number of amides is 2. The summed E-state index contributed by atoms with van der Waals surface area (Å²) in [5, 5.41) is 3.36. The smallest absolute Gasteiger partial charge is 0.234 e. The molecule has 1 saturated heterocycles. The van der Waals surface area contributed by atoms with Crippen LogP contribution in [-0.2, 0) is 16.1 Å². The van der Waals surface area contributed by atoms with E-state index >= 15 is 0 Å². The van der Waals surface area contributed by atoms with Crippen LogP contribution in [0.5, 0.6) is 5.75 Å². The Labute approximate surface area is 190 Å². The second kappa shape index (κ2) is 11.4. The summed E-state index contributed by atoms with van der Waals surface area (Å²) in [6, 6.07) is 11.1. The molecule has 9 heteroatoms. The van der Waals surface area contributed by atoms with Gasteiger partial charge in [-0.2, -0.15) is 0 Å². The van der Waals surface area contributed by atoms with Crippen molar-refractivity contribution in [3.8, 4) is 5.75 Å². The number of carbonyl (C=O) groups excluding carboxylic acids is 2. The van der Waals surface area contributed by atoms with Crippen LogP contribution in [0.2, 0.25) is 5.02 Å². The maximum atomic E-state index is 12.9. The Balaban J connectivity index is 1.37. The van der Waals surface area contributed by atoms with E-state index in [-0.39, 0.29) is 29.1 Å². The van der Waals surface area contributed by atoms with Gasteiger partial charge in [0, 0.05) is 49.0 Å². The zero-order valence-electron chi connectivity index (χ0n) is 17.3. The summed E-state index contributed by atoms with van der Waals surface area (Å²) in [5.74, 6) is 0.670. The van der Waals surface area contributed by atoms with E-state index in [0.717, 1.165) is 24.4 Å². The van der Waals surface area contributed by atoms with Gasteiger partial charge in [0.25, 0.3) is 0 Å². The molecule has 0 saturated carbocycles. The third-order valence-electron chi connectivity index (χ3n) is 4.95. The molecule has 0 bridgehead atoms. The Kier molecular flexibility index (Phi) is 8.57. The lowest BCUT2D eigenvalue weighted by Gasteiger charge is -2.35. The van der Waals surface area contributed by atoms with Crippen LogP contribution < -0.4 is 10.1 Å². The molecule has 2 aromatic carbocycles. The first-order valence-corrected chi connectivity index (χ1v) is 11.4. The number of halogens is 2. The lowest BCUT2D eigenvalue weighted by atomic mass is 10.1. The molecule has 0 unspecified atom stereocenters. The van der Waals surface area contributed by atoms with E-state index in [1.165, 1.54) is 36.0 Å². The summed E-state index contributed by atoms with van der Waals surface area (Å²) >= 11 is 7.38. The fourth-order valence-corrected chi connectivity index (χ4v) is 4.23. The fourth-order valence-electron chi connectivity index (χ4n) is 3.32. The molecule has 3 rings (SSSR count). The van der Waals surface area contributed by atoms with Crippen LogP contribution in [0.25, 0.3) is 0 Å². The first kappa shape index (κ1) is 23.4. The molecular formula is C22H25ClFN3O3S. The van der Waals surface area contributed by atoms with Crippen LogP contribution >= 0.6 is 23.4 Å². The lowest BCUT2D eigenvalue weighted by molar-refractivity contribution is -0.130. The van der Waals surface area contributed by atoms with Crippen molar-refractivity contribution in [1.82, 2.24) is 9.80 Å². The average molecular weight is 466 g/mol. The van der Waals surface area contributed by atoms with Crippen LogP contribution in [0.3, 0.4) is 0 Å². The number of nitrogens with one attached hydrogen (secondary N) is 1. The molecule has 0 aromatic heterocycles. The minimum Gasteiger partial charge on any atom is -0.496 e. The highest BCUT2D eigenvalue weighted by Gasteiger charge is 2.22. The molecular weight excluding hydrogens is 441 g/mol. The molecule has 0 spiro atoms. The van der Waals surface area contributed by atoms with E-state index in [1.807, 2.05) is 17.0 Å². The molecule has 6 nitrogen and oxygen atoms in total. The van der Waals surface area contributed by atoms with Crippen molar-refractivity contribution in [2.75, 3.05) is 50.1 Å². The Hall–Kier alpha value is -2.29. The third kappa shape index (κ3) is 7.12. The molecule has 1 N–H and O–H groups in total. The topological polar surface area (TPSA) is 61.9 Å². The van der Waals surface area contributed by atoms with Gasteiger partial charge in [-0.15, -0.1) is 11.8 Å². The van der Waals surface area contributed by atoms with Gasteiger partial charge in [0.15, 0.2) is 0 Å².